The van der Waals surface area contributed by atoms with Gasteiger partial charge in [-0.25, -0.2) is 9.67 Å². The van der Waals surface area contributed by atoms with E-state index in [0.717, 1.165) is 17.8 Å². The molecule has 6 nitrogen and oxygen atoms in total. The van der Waals surface area contributed by atoms with E-state index in [1.807, 2.05) is 18.6 Å². The van der Waals surface area contributed by atoms with Gasteiger partial charge in [0.25, 0.3) is 0 Å². The zero-order chi connectivity index (χ0) is 14.9. The third-order valence-electron chi connectivity index (χ3n) is 4.14. The lowest BCUT2D eigenvalue weighted by Gasteiger charge is -2.28. The van der Waals surface area contributed by atoms with Gasteiger partial charge in [0.15, 0.2) is 10.6 Å². The first kappa shape index (κ1) is 14.8. The van der Waals surface area contributed by atoms with Crippen LogP contribution in [0.15, 0.2) is 11.6 Å². The summed E-state index contributed by atoms with van der Waals surface area (Å²) in [6, 6.07) is 0. The molecule has 2 N–H and O–H groups in total. The average molecular weight is 325 g/mol. The van der Waals surface area contributed by atoms with Crippen molar-refractivity contribution < 1.29 is 5.11 Å². The average Bonchev–Trinajstić information content (AvgIpc) is 3.21. The molecule has 0 radical (unpaired) electrons. The smallest absolute Gasteiger partial charge is 0.198 e. The summed E-state index contributed by atoms with van der Waals surface area (Å²) in [4.78, 5) is 4.50. The quantitative estimate of drug-likeness (QED) is 0.822. The predicted octanol–water partition coefficient (Wildman–Crippen LogP) is 1.92. The Balaban J connectivity index is 1.81. The predicted molar refractivity (Wildman–Crippen MR) is 83.4 cm³/mol. The van der Waals surface area contributed by atoms with Gasteiger partial charge in [-0.1, -0.05) is 12.8 Å². The highest BCUT2D eigenvalue weighted by atomic mass is 32.1. The van der Waals surface area contributed by atoms with Crippen LogP contribution in [0.25, 0.3) is 0 Å². The molecule has 1 aliphatic carbocycles. The van der Waals surface area contributed by atoms with E-state index in [9.17, 15) is 5.11 Å². The van der Waals surface area contributed by atoms with Crippen LogP contribution in [0.2, 0.25) is 0 Å². The molecule has 0 spiro atoms. The molecule has 0 bridgehead atoms. The topological polar surface area (TPSA) is 67.9 Å². The van der Waals surface area contributed by atoms with Gasteiger partial charge in [-0.05, 0) is 25.1 Å². The molecule has 0 saturated heterocycles. The normalized spacial score (nSPS) is 17.4. The molecule has 2 aromatic heterocycles. The number of nitrogens with one attached hydrogen (secondary N) is 1. The van der Waals surface area contributed by atoms with Crippen LogP contribution in [-0.4, -0.2) is 24.4 Å². The molecule has 0 aromatic carbocycles. The largest absolute Gasteiger partial charge is 0.388 e. The lowest BCUT2D eigenvalue weighted by molar-refractivity contribution is 0.263. The first-order chi connectivity index (χ1) is 10.2. The second-order valence-electron chi connectivity index (χ2n) is 5.38. The summed E-state index contributed by atoms with van der Waals surface area (Å²) < 4.78 is 4.08. The molecule has 1 saturated carbocycles. The molecule has 0 amide bonds. The summed E-state index contributed by atoms with van der Waals surface area (Å²) in [5, 5.41) is 20.4. The summed E-state index contributed by atoms with van der Waals surface area (Å²) >= 11 is 7.05. The lowest BCUT2D eigenvalue weighted by atomic mass is 9.99. The van der Waals surface area contributed by atoms with Crippen LogP contribution in [0.1, 0.15) is 36.5 Å². The summed E-state index contributed by atoms with van der Waals surface area (Å²) in [5.41, 5.74) is -0.0557. The Bertz CT molecular complexity index is 655. The molecular formula is C13H19N5OS2. The van der Waals surface area contributed by atoms with Crippen molar-refractivity contribution in [2.75, 3.05) is 0 Å². The monoisotopic (exact) mass is 325 g/mol. The number of thiazole rings is 1. The second-order valence-corrected chi connectivity index (χ2v) is 6.64. The van der Waals surface area contributed by atoms with Crippen LogP contribution in [-0.2, 0) is 25.9 Å². The van der Waals surface area contributed by atoms with E-state index in [-0.39, 0.29) is 12.1 Å². The Morgan fingerprint density at radius 1 is 1.48 bits per heavy atom. The number of aliphatic hydroxyl groups is 1. The number of aromatic nitrogens is 4. The number of rotatable bonds is 5. The van der Waals surface area contributed by atoms with E-state index < -0.39 is 0 Å². The van der Waals surface area contributed by atoms with Crippen LogP contribution in [0.3, 0.4) is 0 Å². The minimum absolute atomic E-state index is 0.0557. The molecule has 0 unspecified atom stereocenters. The van der Waals surface area contributed by atoms with E-state index in [1.54, 1.807) is 20.6 Å². The summed E-state index contributed by atoms with van der Waals surface area (Å²) in [7, 11) is 1.82. The molecule has 0 atom stereocenters. The fraction of sp³-hybridized carbons (Fsp3) is 0.615. The fourth-order valence-corrected chi connectivity index (χ4v) is 3.99. The summed E-state index contributed by atoms with van der Waals surface area (Å²) in [5.74, 6) is 0.580. The molecule has 2 aromatic rings. The highest BCUT2D eigenvalue weighted by Gasteiger charge is 2.37. The molecule has 21 heavy (non-hydrogen) atoms. The number of aliphatic hydroxyl groups excluding tert-OH is 1. The molecule has 1 aliphatic rings. The second kappa shape index (κ2) is 5.96. The van der Waals surface area contributed by atoms with Crippen molar-refractivity contribution in [2.24, 2.45) is 7.05 Å². The van der Waals surface area contributed by atoms with Crippen molar-refractivity contribution in [3.63, 3.8) is 0 Å². The maximum Gasteiger partial charge on any atom is 0.198 e. The van der Waals surface area contributed by atoms with Gasteiger partial charge >= 0.3 is 0 Å². The molecule has 1 fully saturated rings. The van der Waals surface area contributed by atoms with Gasteiger partial charge in [-0.3, -0.25) is 5.32 Å². The highest BCUT2D eigenvalue weighted by Crippen LogP contribution is 2.39. The molecule has 8 heteroatoms. The van der Waals surface area contributed by atoms with Crippen molar-refractivity contribution in [3.05, 3.63) is 27.2 Å². The lowest BCUT2D eigenvalue weighted by Crippen LogP contribution is -2.41. The Hall–Kier alpha value is -1.09. The minimum Gasteiger partial charge on any atom is -0.388 e. The van der Waals surface area contributed by atoms with Crippen molar-refractivity contribution in [1.82, 2.24) is 24.6 Å². The van der Waals surface area contributed by atoms with Gasteiger partial charge in [0.1, 0.15) is 11.6 Å². The van der Waals surface area contributed by atoms with Gasteiger partial charge in [0, 0.05) is 18.6 Å². The number of hydrogen-bond acceptors (Lipinski definition) is 6. The van der Waals surface area contributed by atoms with E-state index >= 15 is 0 Å². The molecule has 3 rings (SSSR count). The van der Waals surface area contributed by atoms with Crippen molar-refractivity contribution in [1.29, 1.82) is 0 Å². The van der Waals surface area contributed by atoms with Gasteiger partial charge in [-0.15, -0.1) is 11.3 Å². The van der Waals surface area contributed by atoms with Crippen LogP contribution in [0.5, 0.6) is 0 Å². The van der Waals surface area contributed by atoms with Gasteiger partial charge in [0.2, 0.25) is 0 Å². The molecule has 114 valence electrons. The zero-order valence-corrected chi connectivity index (χ0v) is 13.6. The first-order valence-corrected chi connectivity index (χ1v) is 8.34. The zero-order valence-electron chi connectivity index (χ0n) is 11.9. The van der Waals surface area contributed by atoms with Crippen LogP contribution in [0, 0.1) is 4.77 Å². The standard InChI is InChI=1S/C13H19N5OS2/c1-17-10(8-19)16-18(12(17)20)9-15-13(4-2-3-5-13)11-14-6-7-21-11/h6-7,15,19H,2-5,8-9H2,1H3. The summed E-state index contributed by atoms with van der Waals surface area (Å²) in [6.07, 6.45) is 6.46. The van der Waals surface area contributed by atoms with E-state index in [4.69, 9.17) is 12.2 Å². The van der Waals surface area contributed by atoms with E-state index in [2.05, 4.69) is 15.4 Å². The SMILES string of the molecule is Cn1c(CO)nn(CNC2(c3nccs3)CCCC2)c1=S. The van der Waals surface area contributed by atoms with Crippen molar-refractivity contribution >= 4 is 23.6 Å². The van der Waals surface area contributed by atoms with Gasteiger partial charge < -0.3 is 9.67 Å². The maximum atomic E-state index is 9.27. The summed E-state index contributed by atoms with van der Waals surface area (Å²) in [6.45, 7) is 0.428. The van der Waals surface area contributed by atoms with Gasteiger partial charge in [0.05, 0.1) is 12.2 Å². The minimum atomic E-state index is -0.106. The van der Waals surface area contributed by atoms with Crippen molar-refractivity contribution in [2.45, 2.75) is 44.5 Å². The maximum absolute atomic E-state index is 9.27. The molecule has 0 aliphatic heterocycles. The van der Waals surface area contributed by atoms with Crippen molar-refractivity contribution in [3.8, 4) is 0 Å². The van der Waals surface area contributed by atoms with Crippen LogP contribution < -0.4 is 5.32 Å². The van der Waals surface area contributed by atoms with E-state index in [0.29, 0.717) is 17.3 Å². The Labute approximate surface area is 132 Å². The van der Waals surface area contributed by atoms with Crippen LogP contribution in [0.4, 0.5) is 0 Å². The Morgan fingerprint density at radius 3 is 2.81 bits per heavy atom. The van der Waals surface area contributed by atoms with E-state index in [1.165, 1.54) is 12.8 Å². The third kappa shape index (κ3) is 2.68. The molecular weight excluding hydrogens is 306 g/mol. The third-order valence-corrected chi connectivity index (χ3v) is 5.60. The van der Waals surface area contributed by atoms with Crippen LogP contribution >= 0.6 is 23.6 Å². The first-order valence-electron chi connectivity index (χ1n) is 7.05. The number of nitrogens with zero attached hydrogens (tertiary/aromatic N) is 4. The molecule has 2 heterocycles. The fourth-order valence-electron chi connectivity index (χ4n) is 2.90. The Kier molecular flexibility index (Phi) is 4.21. The Morgan fingerprint density at radius 2 is 2.24 bits per heavy atom. The van der Waals surface area contributed by atoms with Gasteiger partial charge in [-0.2, -0.15) is 5.10 Å². The number of hydrogen-bond donors (Lipinski definition) is 2. The highest BCUT2D eigenvalue weighted by molar-refractivity contribution is 7.71.